The fraction of sp³-hybridized carbons (Fsp3) is 0.364. The molecule has 3 N–H and O–H groups in total. The summed E-state index contributed by atoms with van der Waals surface area (Å²) >= 11 is 0. The number of ether oxygens (including phenoxy) is 1. The van der Waals surface area contributed by atoms with E-state index in [-0.39, 0.29) is 10.6 Å². The van der Waals surface area contributed by atoms with Crippen molar-refractivity contribution in [1.29, 1.82) is 5.41 Å². The Morgan fingerprint density at radius 3 is 2.20 bits per heavy atom. The molecule has 1 aromatic carbocycles. The number of halogens is 3. The molecule has 0 radical (unpaired) electrons. The van der Waals surface area contributed by atoms with E-state index in [9.17, 15) is 21.6 Å². The lowest BCUT2D eigenvalue weighted by Gasteiger charge is -2.19. The molecule has 0 aliphatic rings. The van der Waals surface area contributed by atoms with Crippen molar-refractivity contribution in [3.05, 3.63) is 24.3 Å². The third-order valence-corrected chi connectivity index (χ3v) is 3.57. The average molecular weight is 310 g/mol. The largest absolute Gasteiger partial charge is 0.492 e. The molecule has 9 heteroatoms. The summed E-state index contributed by atoms with van der Waals surface area (Å²) in [5.41, 5.74) is 4.87. The van der Waals surface area contributed by atoms with E-state index >= 15 is 0 Å². The molecule has 1 unspecified atom stereocenters. The van der Waals surface area contributed by atoms with Crippen molar-refractivity contribution in [1.82, 2.24) is 0 Å². The van der Waals surface area contributed by atoms with Gasteiger partial charge in [0.1, 0.15) is 24.1 Å². The summed E-state index contributed by atoms with van der Waals surface area (Å²) in [5, 5.41) is 6.89. The smallest absolute Gasteiger partial charge is 0.401 e. The van der Waals surface area contributed by atoms with Crippen LogP contribution in [0.1, 0.15) is 0 Å². The highest BCUT2D eigenvalue weighted by molar-refractivity contribution is 7.90. The molecule has 1 rings (SSSR count). The highest BCUT2D eigenvalue weighted by Gasteiger charge is 2.42. The van der Waals surface area contributed by atoms with Crippen LogP contribution in [0.2, 0.25) is 0 Å². The Bertz CT molecular complexity index is 582. The van der Waals surface area contributed by atoms with Crippen molar-refractivity contribution in [2.45, 2.75) is 11.1 Å². The number of hydrogen-bond acceptors (Lipinski definition) is 4. The van der Waals surface area contributed by atoms with Gasteiger partial charge in [0.25, 0.3) is 0 Å². The maximum atomic E-state index is 12.5. The minimum absolute atomic E-state index is 0.0313. The lowest BCUT2D eigenvalue weighted by molar-refractivity contribution is -0.162. The fourth-order valence-corrected chi connectivity index (χ4v) is 1.95. The normalized spacial score (nSPS) is 13.8. The molecule has 0 aliphatic carbocycles. The number of hydrogen-bond donors (Lipinski definition) is 2. The minimum atomic E-state index is -4.67. The molecule has 0 aliphatic heterocycles. The third kappa shape index (κ3) is 4.41. The van der Waals surface area contributed by atoms with E-state index in [1.807, 2.05) is 0 Å². The lowest BCUT2D eigenvalue weighted by atomic mass is 10.1. The van der Waals surface area contributed by atoms with Gasteiger partial charge in [-0.05, 0) is 24.3 Å². The van der Waals surface area contributed by atoms with Gasteiger partial charge in [-0.2, -0.15) is 13.2 Å². The van der Waals surface area contributed by atoms with Crippen LogP contribution in [0.15, 0.2) is 29.2 Å². The van der Waals surface area contributed by atoms with E-state index in [1.165, 1.54) is 24.3 Å². The third-order valence-electron chi connectivity index (χ3n) is 2.44. The van der Waals surface area contributed by atoms with Crippen molar-refractivity contribution < 1.29 is 26.3 Å². The molecule has 0 spiro atoms. The molecule has 112 valence electrons. The zero-order chi connectivity index (χ0) is 15.6. The molecule has 0 amide bonds. The number of nitrogens with one attached hydrogen (secondary N) is 1. The van der Waals surface area contributed by atoms with Gasteiger partial charge in [-0.3, -0.25) is 5.41 Å². The number of nitrogens with two attached hydrogens (primary N) is 1. The molecular weight excluding hydrogens is 297 g/mol. The highest BCUT2D eigenvalue weighted by atomic mass is 32.2. The van der Waals surface area contributed by atoms with Gasteiger partial charge in [0, 0.05) is 6.26 Å². The fourth-order valence-electron chi connectivity index (χ4n) is 1.32. The Labute approximate surface area is 114 Å². The Kier molecular flexibility index (Phi) is 4.64. The number of rotatable bonds is 5. The van der Waals surface area contributed by atoms with E-state index in [1.54, 1.807) is 0 Å². The molecule has 0 heterocycles. The van der Waals surface area contributed by atoms with Gasteiger partial charge in [-0.1, -0.05) is 0 Å². The van der Waals surface area contributed by atoms with Gasteiger partial charge >= 0.3 is 6.18 Å². The van der Waals surface area contributed by atoms with E-state index < -0.39 is 34.4 Å². The molecule has 0 aromatic heterocycles. The van der Waals surface area contributed by atoms with E-state index in [0.717, 1.165) is 6.26 Å². The first-order valence-corrected chi connectivity index (χ1v) is 7.24. The van der Waals surface area contributed by atoms with Crippen LogP contribution in [0, 0.1) is 11.3 Å². The highest BCUT2D eigenvalue weighted by Crippen LogP contribution is 2.27. The Hall–Kier alpha value is -1.77. The van der Waals surface area contributed by atoms with Crippen LogP contribution in [-0.2, 0) is 9.84 Å². The predicted octanol–water partition coefficient (Wildman–Crippen LogP) is 1.58. The second-order valence-electron chi connectivity index (χ2n) is 4.10. The Morgan fingerprint density at radius 2 is 1.85 bits per heavy atom. The Balaban J connectivity index is 2.77. The molecule has 0 saturated heterocycles. The van der Waals surface area contributed by atoms with E-state index in [2.05, 4.69) is 0 Å². The first-order chi connectivity index (χ1) is 9.01. The van der Waals surface area contributed by atoms with Gasteiger partial charge in [-0.25, -0.2) is 8.42 Å². The van der Waals surface area contributed by atoms with Crippen LogP contribution in [0.3, 0.4) is 0 Å². The van der Waals surface area contributed by atoms with Gasteiger partial charge in [0.15, 0.2) is 9.84 Å². The van der Waals surface area contributed by atoms with Gasteiger partial charge < -0.3 is 10.5 Å². The number of benzene rings is 1. The van der Waals surface area contributed by atoms with Crippen LogP contribution >= 0.6 is 0 Å². The standard InChI is InChI=1S/C11H13F3N2O3S/c1-20(17,18)8-4-2-7(3-5-8)19-6-9(10(15)16)11(12,13)14/h2-5,9H,6H2,1H3,(H3,15,16). The van der Waals surface area contributed by atoms with Gasteiger partial charge in [0.2, 0.25) is 0 Å². The van der Waals surface area contributed by atoms with Crippen LogP contribution in [0.25, 0.3) is 0 Å². The quantitative estimate of drug-likeness (QED) is 0.638. The van der Waals surface area contributed by atoms with Crippen LogP contribution in [-0.4, -0.2) is 33.3 Å². The zero-order valence-corrected chi connectivity index (χ0v) is 11.3. The van der Waals surface area contributed by atoms with Crippen LogP contribution < -0.4 is 10.5 Å². The van der Waals surface area contributed by atoms with Crippen molar-refractivity contribution >= 4 is 15.7 Å². The van der Waals surface area contributed by atoms with Crippen molar-refractivity contribution in [3.8, 4) is 5.75 Å². The second kappa shape index (κ2) is 5.70. The summed E-state index contributed by atoms with van der Waals surface area (Å²) in [5.74, 6) is -3.17. The van der Waals surface area contributed by atoms with Crippen molar-refractivity contribution in [2.75, 3.05) is 12.9 Å². The van der Waals surface area contributed by atoms with E-state index in [0.29, 0.717) is 0 Å². The summed E-state index contributed by atoms with van der Waals surface area (Å²) < 4.78 is 64.8. The molecular formula is C11H13F3N2O3S. The topological polar surface area (TPSA) is 93.2 Å². The predicted molar refractivity (Wildman–Crippen MR) is 66.5 cm³/mol. The molecule has 5 nitrogen and oxygen atoms in total. The zero-order valence-electron chi connectivity index (χ0n) is 10.4. The molecule has 1 aromatic rings. The van der Waals surface area contributed by atoms with Crippen molar-refractivity contribution in [2.24, 2.45) is 11.7 Å². The second-order valence-corrected chi connectivity index (χ2v) is 6.12. The maximum Gasteiger partial charge on any atom is 0.401 e. The monoisotopic (exact) mass is 310 g/mol. The van der Waals surface area contributed by atoms with Crippen LogP contribution in [0.4, 0.5) is 13.2 Å². The number of sulfone groups is 1. The molecule has 0 fully saturated rings. The summed E-state index contributed by atoms with van der Waals surface area (Å²) in [6.45, 7) is -0.836. The summed E-state index contributed by atoms with van der Waals surface area (Å²) in [6.07, 6.45) is -3.66. The number of amidine groups is 1. The van der Waals surface area contributed by atoms with Crippen molar-refractivity contribution in [3.63, 3.8) is 0 Å². The molecule has 0 bridgehead atoms. The van der Waals surface area contributed by atoms with E-state index in [4.69, 9.17) is 15.9 Å². The summed E-state index contributed by atoms with van der Waals surface area (Å²) in [7, 11) is -3.38. The number of alkyl halides is 3. The maximum absolute atomic E-state index is 12.5. The minimum Gasteiger partial charge on any atom is -0.492 e. The average Bonchev–Trinajstić information content (AvgIpc) is 2.26. The van der Waals surface area contributed by atoms with Gasteiger partial charge in [-0.15, -0.1) is 0 Å². The summed E-state index contributed by atoms with van der Waals surface area (Å²) in [4.78, 5) is 0.0313. The molecule has 20 heavy (non-hydrogen) atoms. The van der Waals surface area contributed by atoms with Crippen LogP contribution in [0.5, 0.6) is 5.75 Å². The Morgan fingerprint density at radius 1 is 1.35 bits per heavy atom. The SMILES string of the molecule is CS(=O)(=O)c1ccc(OCC(C(=N)N)C(F)(F)F)cc1. The first kappa shape index (κ1) is 16.3. The summed E-state index contributed by atoms with van der Waals surface area (Å²) in [6, 6.07) is 4.93. The lowest BCUT2D eigenvalue weighted by Crippen LogP contribution is -2.39. The molecule has 0 saturated carbocycles. The van der Waals surface area contributed by atoms with Gasteiger partial charge in [0.05, 0.1) is 4.90 Å². The molecule has 1 atom stereocenters. The first-order valence-electron chi connectivity index (χ1n) is 5.35.